The predicted molar refractivity (Wildman–Crippen MR) is 94.5 cm³/mol. The molecular formula is C17H27N5O3. The summed E-state index contributed by atoms with van der Waals surface area (Å²) in [4.78, 5) is 20.4. The van der Waals surface area contributed by atoms with Gasteiger partial charge in [-0.3, -0.25) is 4.79 Å². The topological polar surface area (TPSA) is 122 Å². The normalized spacial score (nSPS) is 27.7. The first-order valence-corrected chi connectivity index (χ1v) is 8.93. The molecule has 138 valence electrons. The van der Waals surface area contributed by atoms with E-state index in [0.29, 0.717) is 18.2 Å². The van der Waals surface area contributed by atoms with E-state index in [1.54, 1.807) is 0 Å². The Labute approximate surface area is 147 Å². The quantitative estimate of drug-likeness (QED) is 0.631. The lowest BCUT2D eigenvalue weighted by Crippen LogP contribution is -2.38. The maximum atomic E-state index is 11.7. The standard InChI is InChI=1S/C17H27N5O3/c1-17(24)6-2-3-12(9-17)20-15-13(14(18)23)10-19-16(22-15)21-11-4-7-25-8-5-11/h10-12,24H,2-9H2,1H3,(H2,18,23)(H2,19,20,21,22)/t12-,17+/m1/s1. The van der Waals surface area contributed by atoms with E-state index < -0.39 is 11.5 Å². The summed E-state index contributed by atoms with van der Waals surface area (Å²) in [6.07, 6.45) is 6.49. The Morgan fingerprint density at radius 3 is 2.76 bits per heavy atom. The van der Waals surface area contributed by atoms with Crippen LogP contribution in [0.2, 0.25) is 0 Å². The molecule has 0 radical (unpaired) electrons. The van der Waals surface area contributed by atoms with Crippen molar-refractivity contribution in [1.29, 1.82) is 0 Å². The van der Waals surface area contributed by atoms with E-state index in [9.17, 15) is 9.90 Å². The van der Waals surface area contributed by atoms with Gasteiger partial charge in [0.25, 0.3) is 5.91 Å². The number of hydrogen-bond donors (Lipinski definition) is 4. The van der Waals surface area contributed by atoms with Gasteiger partial charge in [0.1, 0.15) is 5.82 Å². The number of aliphatic hydroxyl groups is 1. The minimum absolute atomic E-state index is 0.0488. The third kappa shape index (κ3) is 4.79. The second-order valence-electron chi connectivity index (χ2n) is 7.29. The highest BCUT2D eigenvalue weighted by Gasteiger charge is 2.30. The lowest BCUT2D eigenvalue weighted by Gasteiger charge is -2.34. The number of nitrogens with one attached hydrogen (secondary N) is 2. The van der Waals surface area contributed by atoms with Crippen LogP contribution in [-0.2, 0) is 4.74 Å². The summed E-state index contributed by atoms with van der Waals surface area (Å²) in [6.45, 7) is 3.28. The van der Waals surface area contributed by atoms with Crippen LogP contribution in [0.15, 0.2) is 6.20 Å². The zero-order valence-corrected chi connectivity index (χ0v) is 14.6. The maximum absolute atomic E-state index is 11.7. The van der Waals surface area contributed by atoms with Gasteiger partial charge in [-0.25, -0.2) is 4.98 Å². The first-order chi connectivity index (χ1) is 11.9. The number of aromatic nitrogens is 2. The molecular weight excluding hydrogens is 322 g/mol. The fourth-order valence-electron chi connectivity index (χ4n) is 3.55. The van der Waals surface area contributed by atoms with Crippen molar-refractivity contribution in [2.75, 3.05) is 23.8 Å². The summed E-state index contributed by atoms with van der Waals surface area (Å²) in [5, 5.41) is 16.9. The average molecular weight is 349 g/mol. The molecule has 3 rings (SSSR count). The summed E-state index contributed by atoms with van der Waals surface area (Å²) >= 11 is 0. The molecule has 1 aliphatic heterocycles. The number of anilines is 2. The molecule has 2 atom stereocenters. The number of ether oxygens (including phenoxy) is 1. The molecule has 0 bridgehead atoms. The molecule has 0 aromatic carbocycles. The molecule has 1 saturated heterocycles. The molecule has 8 heteroatoms. The van der Waals surface area contributed by atoms with E-state index in [0.717, 1.165) is 45.3 Å². The predicted octanol–water partition coefficient (Wildman–Crippen LogP) is 1.27. The summed E-state index contributed by atoms with van der Waals surface area (Å²) in [7, 11) is 0. The Morgan fingerprint density at radius 1 is 1.32 bits per heavy atom. The van der Waals surface area contributed by atoms with E-state index in [4.69, 9.17) is 10.5 Å². The minimum atomic E-state index is -0.695. The lowest BCUT2D eigenvalue weighted by atomic mass is 9.83. The number of carbonyl (C=O) groups is 1. The third-order valence-corrected chi connectivity index (χ3v) is 4.90. The van der Waals surface area contributed by atoms with Crippen LogP contribution < -0.4 is 16.4 Å². The minimum Gasteiger partial charge on any atom is -0.390 e. The molecule has 1 amide bonds. The van der Waals surface area contributed by atoms with Gasteiger partial charge < -0.3 is 26.2 Å². The van der Waals surface area contributed by atoms with Crippen molar-refractivity contribution in [3.63, 3.8) is 0 Å². The summed E-state index contributed by atoms with van der Waals surface area (Å²) < 4.78 is 5.35. The summed E-state index contributed by atoms with van der Waals surface area (Å²) in [5.41, 5.74) is 5.03. The SMILES string of the molecule is C[C@]1(O)CCC[C@@H](Nc2nc(NC3CCOCC3)ncc2C(N)=O)C1. The molecule has 1 aromatic rings. The molecule has 2 aliphatic rings. The first kappa shape index (κ1) is 17.9. The van der Waals surface area contributed by atoms with Crippen molar-refractivity contribution in [2.24, 2.45) is 5.73 Å². The second-order valence-corrected chi connectivity index (χ2v) is 7.29. The van der Waals surface area contributed by atoms with Gasteiger partial charge in [-0.15, -0.1) is 0 Å². The molecule has 2 fully saturated rings. The zero-order valence-electron chi connectivity index (χ0n) is 14.6. The van der Waals surface area contributed by atoms with Crippen molar-refractivity contribution < 1.29 is 14.6 Å². The molecule has 2 heterocycles. The van der Waals surface area contributed by atoms with Crippen molar-refractivity contribution in [3.05, 3.63) is 11.8 Å². The number of amides is 1. The molecule has 1 aliphatic carbocycles. The van der Waals surface area contributed by atoms with Gasteiger partial charge in [0.05, 0.1) is 11.2 Å². The van der Waals surface area contributed by atoms with Gasteiger partial charge in [-0.1, -0.05) is 0 Å². The van der Waals surface area contributed by atoms with Crippen LogP contribution in [0.1, 0.15) is 55.8 Å². The first-order valence-electron chi connectivity index (χ1n) is 8.93. The second kappa shape index (κ2) is 7.53. The smallest absolute Gasteiger partial charge is 0.254 e. The van der Waals surface area contributed by atoms with E-state index in [2.05, 4.69) is 20.6 Å². The Morgan fingerprint density at radius 2 is 2.08 bits per heavy atom. The maximum Gasteiger partial charge on any atom is 0.254 e. The Balaban J connectivity index is 1.75. The van der Waals surface area contributed by atoms with Crippen LogP contribution in [0, 0.1) is 0 Å². The van der Waals surface area contributed by atoms with Crippen molar-refractivity contribution in [1.82, 2.24) is 9.97 Å². The van der Waals surface area contributed by atoms with Crippen LogP contribution in [0.3, 0.4) is 0 Å². The number of nitrogens with zero attached hydrogens (tertiary/aromatic N) is 2. The average Bonchev–Trinajstić information content (AvgIpc) is 2.55. The van der Waals surface area contributed by atoms with Gasteiger partial charge in [0, 0.05) is 31.5 Å². The Bertz CT molecular complexity index is 616. The lowest BCUT2D eigenvalue weighted by molar-refractivity contribution is 0.0182. The number of primary amides is 1. The highest BCUT2D eigenvalue weighted by molar-refractivity contribution is 5.97. The molecule has 0 spiro atoms. The van der Waals surface area contributed by atoms with E-state index in [1.165, 1.54) is 6.20 Å². The van der Waals surface area contributed by atoms with E-state index in [1.807, 2.05) is 6.92 Å². The summed E-state index contributed by atoms with van der Waals surface area (Å²) in [6, 6.07) is 0.309. The fourth-order valence-corrected chi connectivity index (χ4v) is 3.55. The molecule has 1 aromatic heterocycles. The number of hydrogen-bond acceptors (Lipinski definition) is 7. The molecule has 1 saturated carbocycles. The van der Waals surface area contributed by atoms with Crippen LogP contribution in [0.4, 0.5) is 11.8 Å². The molecule has 0 unspecified atom stereocenters. The Kier molecular flexibility index (Phi) is 5.39. The monoisotopic (exact) mass is 349 g/mol. The van der Waals surface area contributed by atoms with E-state index in [-0.39, 0.29) is 17.6 Å². The van der Waals surface area contributed by atoms with Crippen LogP contribution in [0.5, 0.6) is 0 Å². The van der Waals surface area contributed by atoms with Gasteiger partial charge in [-0.05, 0) is 45.4 Å². The number of rotatable bonds is 5. The highest BCUT2D eigenvalue weighted by Crippen LogP contribution is 2.30. The van der Waals surface area contributed by atoms with Gasteiger partial charge >= 0.3 is 0 Å². The zero-order chi connectivity index (χ0) is 17.9. The number of carbonyl (C=O) groups excluding carboxylic acids is 1. The summed E-state index contributed by atoms with van der Waals surface area (Å²) in [5.74, 6) is 0.337. The Hall–Kier alpha value is -1.93. The number of nitrogens with two attached hydrogens (primary N) is 1. The van der Waals surface area contributed by atoms with E-state index >= 15 is 0 Å². The molecule has 25 heavy (non-hydrogen) atoms. The van der Waals surface area contributed by atoms with Gasteiger partial charge in [-0.2, -0.15) is 4.98 Å². The van der Waals surface area contributed by atoms with Gasteiger partial charge in [0.2, 0.25) is 5.95 Å². The fraction of sp³-hybridized carbons (Fsp3) is 0.706. The largest absolute Gasteiger partial charge is 0.390 e. The van der Waals surface area contributed by atoms with Crippen LogP contribution >= 0.6 is 0 Å². The van der Waals surface area contributed by atoms with Crippen molar-refractivity contribution in [2.45, 2.75) is 63.1 Å². The van der Waals surface area contributed by atoms with Crippen LogP contribution in [0.25, 0.3) is 0 Å². The van der Waals surface area contributed by atoms with Gasteiger partial charge in [0.15, 0.2) is 0 Å². The molecule has 5 N–H and O–H groups in total. The van der Waals surface area contributed by atoms with Crippen molar-refractivity contribution in [3.8, 4) is 0 Å². The molecule has 8 nitrogen and oxygen atoms in total. The van der Waals surface area contributed by atoms with Crippen molar-refractivity contribution >= 4 is 17.7 Å². The third-order valence-electron chi connectivity index (χ3n) is 4.90. The highest BCUT2D eigenvalue weighted by atomic mass is 16.5. The van der Waals surface area contributed by atoms with Crippen LogP contribution in [-0.4, -0.2) is 51.9 Å².